The first kappa shape index (κ1) is 14.5. The average molecular weight is 292 g/mol. The number of fused-ring (bicyclic) bond motifs is 5. The normalized spacial score (nSPS) is 60.0. The minimum absolute atomic E-state index is 0.0400. The molecule has 120 valence electrons. The van der Waals surface area contributed by atoms with Crippen LogP contribution in [0.25, 0.3) is 0 Å². The minimum atomic E-state index is -0.0440. The fourth-order valence-electron chi connectivity index (χ4n) is 7.26. The lowest BCUT2D eigenvalue weighted by molar-refractivity contribution is -0.120. The number of aliphatic hydroxyl groups excluding tert-OH is 2. The van der Waals surface area contributed by atoms with Gasteiger partial charge in [-0.25, -0.2) is 0 Å². The van der Waals surface area contributed by atoms with Crippen LogP contribution in [0.2, 0.25) is 0 Å². The van der Waals surface area contributed by atoms with Crippen molar-refractivity contribution in [3.8, 4) is 0 Å². The van der Waals surface area contributed by atoms with Crippen LogP contribution in [0.5, 0.6) is 0 Å². The summed E-state index contributed by atoms with van der Waals surface area (Å²) < 4.78 is 0. The Balaban J connectivity index is 1.62. The molecule has 4 saturated carbocycles. The van der Waals surface area contributed by atoms with Gasteiger partial charge in [0.05, 0.1) is 12.2 Å². The second-order valence-electron chi connectivity index (χ2n) is 9.37. The number of hydrogen-bond donors (Lipinski definition) is 2. The minimum Gasteiger partial charge on any atom is -0.393 e. The molecular formula is C19H32O2. The van der Waals surface area contributed by atoms with Gasteiger partial charge >= 0.3 is 0 Å². The third-order valence-corrected chi connectivity index (χ3v) is 8.38. The van der Waals surface area contributed by atoms with Crippen LogP contribution in [-0.2, 0) is 0 Å². The highest BCUT2D eigenvalue weighted by Crippen LogP contribution is 2.66. The number of hydrogen-bond acceptors (Lipinski definition) is 2. The van der Waals surface area contributed by atoms with Crippen LogP contribution >= 0.6 is 0 Å². The molecule has 0 bridgehead atoms. The summed E-state index contributed by atoms with van der Waals surface area (Å²) in [5, 5.41) is 20.3. The zero-order valence-corrected chi connectivity index (χ0v) is 13.7. The van der Waals surface area contributed by atoms with E-state index in [1.54, 1.807) is 0 Å². The lowest BCUT2D eigenvalue weighted by Crippen LogP contribution is -2.53. The fraction of sp³-hybridized carbons (Fsp3) is 1.00. The molecule has 4 fully saturated rings. The van der Waals surface area contributed by atoms with Crippen molar-refractivity contribution in [1.29, 1.82) is 0 Å². The summed E-state index contributed by atoms with van der Waals surface area (Å²) in [5.74, 6) is 3.21. The second-order valence-corrected chi connectivity index (χ2v) is 9.37. The first-order chi connectivity index (χ1) is 9.92. The Hall–Kier alpha value is -0.0800. The second kappa shape index (κ2) is 4.71. The Kier molecular flexibility index (Phi) is 3.25. The first-order valence-electron chi connectivity index (χ1n) is 9.28. The summed E-state index contributed by atoms with van der Waals surface area (Å²) in [6, 6.07) is 0. The predicted octanol–water partition coefficient (Wildman–Crippen LogP) is 3.75. The molecule has 4 rings (SSSR count). The quantitative estimate of drug-likeness (QED) is 0.714. The van der Waals surface area contributed by atoms with E-state index in [-0.39, 0.29) is 12.2 Å². The SMILES string of the molecule is C[C@]12CC[C@H]3[C@@H](CC[C@@H]4C[C@@H](O)CC[C@@]43C)[C@@H]1C[C@H](O)C2. The summed E-state index contributed by atoms with van der Waals surface area (Å²) in [5.41, 5.74) is 0.884. The smallest absolute Gasteiger partial charge is 0.0548 e. The van der Waals surface area contributed by atoms with Gasteiger partial charge in [0.15, 0.2) is 0 Å². The van der Waals surface area contributed by atoms with Crippen LogP contribution in [0.3, 0.4) is 0 Å². The molecule has 0 heterocycles. The summed E-state index contributed by atoms with van der Waals surface area (Å²) in [6.45, 7) is 4.98. The van der Waals surface area contributed by atoms with Crippen LogP contribution in [-0.4, -0.2) is 22.4 Å². The van der Waals surface area contributed by atoms with E-state index < -0.39 is 0 Å². The zero-order chi connectivity index (χ0) is 14.8. The molecule has 2 N–H and O–H groups in total. The number of rotatable bonds is 0. The highest BCUT2D eigenvalue weighted by atomic mass is 16.3. The van der Waals surface area contributed by atoms with E-state index in [2.05, 4.69) is 13.8 Å². The summed E-state index contributed by atoms with van der Waals surface area (Å²) in [6.07, 6.45) is 10.7. The molecule has 0 amide bonds. The molecule has 0 saturated heterocycles. The third-order valence-electron chi connectivity index (χ3n) is 8.38. The van der Waals surface area contributed by atoms with Crippen molar-refractivity contribution < 1.29 is 10.2 Å². The standard InChI is InChI=1S/C19H32O2/c1-18-7-6-16-15(17(18)10-14(21)11-18)4-3-12-9-13(20)5-8-19(12,16)2/h12-17,20-21H,3-11H2,1-2H3/t12-,13+,14+,15-,16+,17+,18-,19+/m1/s1. The molecule has 0 aromatic heterocycles. The van der Waals surface area contributed by atoms with Crippen molar-refractivity contribution in [2.24, 2.45) is 34.5 Å². The molecule has 2 nitrogen and oxygen atoms in total. The van der Waals surface area contributed by atoms with Crippen LogP contribution < -0.4 is 0 Å². The van der Waals surface area contributed by atoms with Gasteiger partial charge in [0.2, 0.25) is 0 Å². The van der Waals surface area contributed by atoms with Gasteiger partial charge in [0, 0.05) is 0 Å². The van der Waals surface area contributed by atoms with E-state index in [0.717, 1.165) is 49.4 Å². The van der Waals surface area contributed by atoms with Gasteiger partial charge in [-0.1, -0.05) is 13.8 Å². The molecule has 0 unspecified atom stereocenters. The van der Waals surface area contributed by atoms with E-state index >= 15 is 0 Å². The Morgan fingerprint density at radius 3 is 2.43 bits per heavy atom. The van der Waals surface area contributed by atoms with Crippen molar-refractivity contribution in [3.63, 3.8) is 0 Å². The zero-order valence-electron chi connectivity index (χ0n) is 13.7. The van der Waals surface area contributed by atoms with E-state index in [1.165, 1.54) is 32.1 Å². The van der Waals surface area contributed by atoms with E-state index in [9.17, 15) is 10.2 Å². The largest absolute Gasteiger partial charge is 0.393 e. The molecule has 0 spiro atoms. The van der Waals surface area contributed by atoms with Crippen LogP contribution in [0.15, 0.2) is 0 Å². The van der Waals surface area contributed by atoms with Gasteiger partial charge < -0.3 is 10.2 Å². The maximum atomic E-state index is 10.2. The lowest BCUT2D eigenvalue weighted by Gasteiger charge is -2.60. The Morgan fingerprint density at radius 2 is 1.62 bits per heavy atom. The Bertz CT molecular complexity index is 422. The first-order valence-corrected chi connectivity index (χ1v) is 9.28. The number of aliphatic hydroxyl groups is 2. The molecule has 21 heavy (non-hydrogen) atoms. The molecule has 2 heteroatoms. The van der Waals surface area contributed by atoms with Crippen LogP contribution in [0, 0.1) is 34.5 Å². The maximum Gasteiger partial charge on any atom is 0.0548 e. The highest BCUT2D eigenvalue weighted by Gasteiger charge is 2.58. The molecule has 8 atom stereocenters. The Labute approximate surface area is 129 Å². The summed E-state index contributed by atoms with van der Waals surface area (Å²) in [4.78, 5) is 0. The van der Waals surface area contributed by atoms with Gasteiger partial charge in [-0.15, -0.1) is 0 Å². The summed E-state index contributed by atoms with van der Waals surface area (Å²) >= 11 is 0. The van der Waals surface area contributed by atoms with Gasteiger partial charge in [-0.05, 0) is 92.3 Å². The third kappa shape index (κ3) is 2.05. The molecule has 0 aliphatic heterocycles. The fourth-order valence-corrected chi connectivity index (χ4v) is 7.26. The predicted molar refractivity (Wildman–Crippen MR) is 83.7 cm³/mol. The van der Waals surface area contributed by atoms with E-state index in [0.29, 0.717) is 10.8 Å². The molecule has 0 aromatic carbocycles. The van der Waals surface area contributed by atoms with Gasteiger partial charge in [-0.2, -0.15) is 0 Å². The average Bonchev–Trinajstić information content (AvgIpc) is 2.74. The van der Waals surface area contributed by atoms with Gasteiger partial charge in [0.1, 0.15) is 0 Å². The highest BCUT2D eigenvalue weighted by molar-refractivity contribution is 5.08. The molecule has 4 aliphatic rings. The van der Waals surface area contributed by atoms with E-state index in [4.69, 9.17) is 0 Å². The van der Waals surface area contributed by atoms with Crippen molar-refractivity contribution in [2.75, 3.05) is 0 Å². The van der Waals surface area contributed by atoms with Crippen molar-refractivity contribution >= 4 is 0 Å². The molecule has 4 aliphatic carbocycles. The van der Waals surface area contributed by atoms with Crippen molar-refractivity contribution in [3.05, 3.63) is 0 Å². The monoisotopic (exact) mass is 292 g/mol. The van der Waals surface area contributed by atoms with Crippen LogP contribution in [0.1, 0.15) is 71.6 Å². The van der Waals surface area contributed by atoms with Crippen molar-refractivity contribution in [1.82, 2.24) is 0 Å². The maximum absolute atomic E-state index is 10.2. The molecular weight excluding hydrogens is 260 g/mol. The molecule has 0 radical (unpaired) electrons. The van der Waals surface area contributed by atoms with Gasteiger partial charge in [-0.3, -0.25) is 0 Å². The summed E-state index contributed by atoms with van der Waals surface area (Å²) in [7, 11) is 0. The van der Waals surface area contributed by atoms with Crippen molar-refractivity contribution in [2.45, 2.75) is 83.8 Å². The molecule has 0 aromatic rings. The Morgan fingerprint density at radius 1 is 0.810 bits per heavy atom. The van der Waals surface area contributed by atoms with Crippen LogP contribution in [0.4, 0.5) is 0 Å². The van der Waals surface area contributed by atoms with Gasteiger partial charge in [0.25, 0.3) is 0 Å². The lowest BCUT2D eigenvalue weighted by atomic mass is 9.45. The van der Waals surface area contributed by atoms with E-state index in [1.807, 2.05) is 0 Å². The topological polar surface area (TPSA) is 40.5 Å².